The molecule has 0 aromatic rings. The minimum atomic E-state index is -1.15. The van der Waals surface area contributed by atoms with Gasteiger partial charge in [-0.3, -0.25) is 14.4 Å². The number of rotatable bonds is 6. The molecule has 57 heavy (non-hydrogen) atoms. The third-order valence-corrected chi connectivity index (χ3v) is 13.9. The monoisotopic (exact) mass is 824 g/mol. The van der Waals surface area contributed by atoms with Crippen LogP contribution in [-0.2, 0) is 38.1 Å². The molecule has 13 atom stereocenters. The number of allylic oxidation sites excluding steroid dienone is 3. The summed E-state index contributed by atoms with van der Waals surface area (Å²) in [6.07, 6.45) is 5.45. The second-order valence-electron chi connectivity index (χ2n) is 18.0. The molecule has 2 aliphatic heterocycles. The van der Waals surface area contributed by atoms with E-state index in [1.54, 1.807) is 35.0 Å². The van der Waals surface area contributed by atoms with E-state index in [0.29, 0.717) is 44.1 Å². The number of cyclic esters (lactones) is 1. The molecular formula is C45H74ClNO10. The molecule has 2 fully saturated rings. The molecule has 12 heteroatoms. The molecule has 0 bridgehead atoms. The highest BCUT2D eigenvalue weighted by Gasteiger charge is 2.46. The maximum absolute atomic E-state index is 14.3. The topological polar surface area (TPSA) is 149 Å². The predicted octanol–water partition coefficient (Wildman–Crippen LogP) is 7.02. The number of methoxy groups -OCH3 is 3. The number of halogens is 1. The van der Waals surface area contributed by atoms with E-state index in [1.165, 1.54) is 12.0 Å². The standard InChI is InChI=1S/C45H74ClNO10/c1-12-32-20-26(2)19-27(3)21-38(55-10)40(50)39(56-11)23-29(5)45(7,8)42(51)43(52)47-18-14-13-15-34(47)44(53)57-41(30(6)35(48)25-36(32)49)28(4)22-31-16-17-33(46)37(24-31)54-9/h20,22,26-27,29-31,33-35,37-41,48,50H,12-19,21,23-25H2,1-11H3/t26?,27-,29+,30+,31-,33-,34-,35-,37+,38-,39-,40+,41+/m0/s1. The summed E-state index contributed by atoms with van der Waals surface area (Å²) in [5, 5.41) is 23.1. The Morgan fingerprint density at radius 2 is 1.54 bits per heavy atom. The summed E-state index contributed by atoms with van der Waals surface area (Å²) >= 11 is 6.54. The summed E-state index contributed by atoms with van der Waals surface area (Å²) < 4.78 is 23.6. The summed E-state index contributed by atoms with van der Waals surface area (Å²) in [6, 6.07) is -0.997. The van der Waals surface area contributed by atoms with Crippen LogP contribution in [0.5, 0.6) is 0 Å². The first-order valence-electron chi connectivity index (χ1n) is 21.4. The number of aliphatic hydroxyl groups excluding tert-OH is 2. The van der Waals surface area contributed by atoms with Crippen molar-refractivity contribution in [2.75, 3.05) is 27.9 Å². The van der Waals surface area contributed by atoms with Crippen molar-refractivity contribution in [1.82, 2.24) is 4.90 Å². The van der Waals surface area contributed by atoms with Gasteiger partial charge in [-0.15, -0.1) is 11.6 Å². The Labute approximate surface area is 347 Å². The van der Waals surface area contributed by atoms with E-state index >= 15 is 0 Å². The van der Waals surface area contributed by atoms with E-state index in [2.05, 4.69) is 19.9 Å². The van der Waals surface area contributed by atoms with Gasteiger partial charge in [0.05, 0.1) is 29.8 Å². The summed E-state index contributed by atoms with van der Waals surface area (Å²) in [7, 11) is 4.73. The molecule has 1 amide bonds. The number of hydrogen-bond donors (Lipinski definition) is 2. The summed E-state index contributed by atoms with van der Waals surface area (Å²) in [5.74, 6) is -3.00. The van der Waals surface area contributed by atoms with Crippen LogP contribution in [0.1, 0.15) is 126 Å². The second-order valence-corrected chi connectivity index (χ2v) is 18.6. The summed E-state index contributed by atoms with van der Waals surface area (Å²) in [6.45, 7) is 15.3. The molecule has 1 aliphatic carbocycles. The lowest BCUT2D eigenvalue weighted by Crippen LogP contribution is -2.55. The highest BCUT2D eigenvalue weighted by molar-refractivity contribution is 6.38. The van der Waals surface area contributed by atoms with Crippen LogP contribution in [-0.4, -0.2) is 114 Å². The van der Waals surface area contributed by atoms with Crippen LogP contribution in [0.4, 0.5) is 0 Å². The second kappa shape index (κ2) is 22.5. The average Bonchev–Trinajstić information content (AvgIpc) is 3.18. The van der Waals surface area contributed by atoms with Crippen molar-refractivity contribution in [2.45, 2.75) is 174 Å². The van der Waals surface area contributed by atoms with E-state index in [-0.39, 0.29) is 60.3 Å². The third-order valence-electron chi connectivity index (χ3n) is 13.4. The van der Waals surface area contributed by atoms with E-state index in [1.807, 2.05) is 26.8 Å². The van der Waals surface area contributed by atoms with E-state index < -0.39 is 65.6 Å². The lowest BCUT2D eigenvalue weighted by Gasteiger charge is -2.39. The molecule has 1 unspecified atom stereocenters. The van der Waals surface area contributed by atoms with Crippen LogP contribution < -0.4 is 0 Å². The van der Waals surface area contributed by atoms with Crippen LogP contribution >= 0.6 is 11.6 Å². The number of ketones is 2. The Morgan fingerprint density at radius 1 is 0.912 bits per heavy atom. The highest BCUT2D eigenvalue weighted by atomic mass is 35.5. The van der Waals surface area contributed by atoms with Gasteiger partial charge in [-0.05, 0) is 106 Å². The molecule has 0 aromatic heterocycles. The van der Waals surface area contributed by atoms with Gasteiger partial charge in [0, 0.05) is 45.6 Å². The number of aliphatic hydroxyl groups is 2. The van der Waals surface area contributed by atoms with Gasteiger partial charge < -0.3 is 34.1 Å². The first kappa shape index (κ1) is 49.2. The maximum atomic E-state index is 14.3. The van der Waals surface area contributed by atoms with Crippen molar-refractivity contribution in [2.24, 2.45) is 35.0 Å². The zero-order chi connectivity index (χ0) is 42.8. The van der Waals surface area contributed by atoms with Gasteiger partial charge in [-0.2, -0.15) is 0 Å². The fourth-order valence-electron chi connectivity index (χ4n) is 9.14. The Morgan fingerprint density at radius 3 is 2.16 bits per heavy atom. The number of esters is 1. The van der Waals surface area contributed by atoms with Gasteiger partial charge in [0.25, 0.3) is 5.91 Å². The lowest BCUT2D eigenvalue weighted by atomic mass is 9.72. The number of alkyl halides is 1. The van der Waals surface area contributed by atoms with Gasteiger partial charge >= 0.3 is 5.97 Å². The van der Waals surface area contributed by atoms with Gasteiger partial charge in [0.2, 0.25) is 5.78 Å². The van der Waals surface area contributed by atoms with Crippen LogP contribution in [0.3, 0.4) is 0 Å². The van der Waals surface area contributed by atoms with Crippen molar-refractivity contribution in [1.29, 1.82) is 0 Å². The SMILES string of the molecule is CCC1=CC(C)C[C@H](C)C[C@H](OC)[C@@H](O)[C@@H](OC)C[C@@H](C)C(C)(C)C(=O)C(=O)N2CCCC[C@H]2C(=O)O[C@H](C(C)=C[C@@H]2CC[C@H](Cl)[C@H](OC)C2)[C@H](C)[C@@H](O)CC1=O. The van der Waals surface area contributed by atoms with Crippen molar-refractivity contribution in [3.63, 3.8) is 0 Å². The minimum absolute atomic E-state index is 0.0311. The highest BCUT2D eigenvalue weighted by Crippen LogP contribution is 2.37. The van der Waals surface area contributed by atoms with Crippen LogP contribution in [0.25, 0.3) is 0 Å². The molecule has 0 radical (unpaired) electrons. The molecule has 3 aliphatic rings. The zero-order valence-electron chi connectivity index (χ0n) is 36.6. The predicted molar refractivity (Wildman–Crippen MR) is 222 cm³/mol. The molecule has 0 aromatic carbocycles. The first-order chi connectivity index (χ1) is 26.8. The number of ether oxygens (including phenoxy) is 4. The Balaban J connectivity index is 2.08. The van der Waals surface area contributed by atoms with E-state index in [0.717, 1.165) is 24.8 Å². The number of carbonyl (C=O) groups is 4. The zero-order valence-corrected chi connectivity index (χ0v) is 37.4. The quantitative estimate of drug-likeness (QED) is 0.124. The molecule has 1 saturated carbocycles. The van der Waals surface area contributed by atoms with Crippen molar-refractivity contribution in [3.05, 3.63) is 23.3 Å². The van der Waals surface area contributed by atoms with E-state index in [4.69, 9.17) is 30.5 Å². The van der Waals surface area contributed by atoms with Gasteiger partial charge in [-0.1, -0.05) is 60.6 Å². The van der Waals surface area contributed by atoms with Crippen LogP contribution in [0.2, 0.25) is 0 Å². The van der Waals surface area contributed by atoms with Crippen molar-refractivity contribution in [3.8, 4) is 0 Å². The molecule has 3 rings (SSSR count). The molecule has 11 nitrogen and oxygen atoms in total. The molecule has 2 N–H and O–H groups in total. The molecule has 0 spiro atoms. The largest absolute Gasteiger partial charge is 0.456 e. The van der Waals surface area contributed by atoms with Crippen LogP contribution in [0.15, 0.2) is 23.3 Å². The molecule has 2 heterocycles. The average molecular weight is 825 g/mol. The van der Waals surface area contributed by atoms with Crippen LogP contribution in [0, 0.1) is 35.0 Å². The number of nitrogens with zero attached hydrogens (tertiary/aromatic N) is 1. The first-order valence-corrected chi connectivity index (χ1v) is 21.8. The normalized spacial score (nSPS) is 37.9. The third kappa shape index (κ3) is 12.9. The Kier molecular flexibility index (Phi) is 19.4. The lowest BCUT2D eigenvalue weighted by molar-refractivity contribution is -0.166. The van der Waals surface area contributed by atoms with Gasteiger partial charge in [0.1, 0.15) is 18.2 Å². The van der Waals surface area contributed by atoms with Crippen molar-refractivity contribution < 1.29 is 48.3 Å². The number of hydrogen-bond acceptors (Lipinski definition) is 10. The molecule has 326 valence electrons. The Hall–Kier alpha value is -2.15. The number of Topliss-reactive ketones (excluding diaryl/α,β-unsaturated/α-hetero) is 2. The van der Waals surface area contributed by atoms with Gasteiger partial charge in [0.15, 0.2) is 5.78 Å². The maximum Gasteiger partial charge on any atom is 0.329 e. The summed E-state index contributed by atoms with van der Waals surface area (Å²) in [4.78, 5) is 57.8. The van der Waals surface area contributed by atoms with Crippen molar-refractivity contribution >= 4 is 35.0 Å². The minimum Gasteiger partial charge on any atom is -0.456 e. The molecular weight excluding hydrogens is 750 g/mol. The fraction of sp³-hybridized carbons (Fsp3) is 0.822. The smallest absolute Gasteiger partial charge is 0.329 e. The fourth-order valence-corrected chi connectivity index (χ4v) is 9.47. The number of amides is 1. The van der Waals surface area contributed by atoms with Gasteiger partial charge in [-0.25, -0.2) is 4.79 Å². The molecule has 1 saturated heterocycles. The number of fused-ring (bicyclic) bond motifs is 1. The summed E-state index contributed by atoms with van der Waals surface area (Å²) in [5.41, 5.74) is 0.209. The number of carbonyl (C=O) groups excluding carboxylic acids is 4. The Bertz CT molecular complexity index is 1410. The number of piperidine rings is 1. The van der Waals surface area contributed by atoms with E-state index in [9.17, 15) is 29.4 Å².